The first-order chi connectivity index (χ1) is 6.95. The average Bonchev–Trinajstić information content (AvgIpc) is 2.13. The van der Waals surface area contributed by atoms with Gasteiger partial charge in [-0.05, 0) is 26.2 Å². The molecule has 0 heterocycles. The smallest absolute Gasteiger partial charge is 0.338 e. The minimum atomic E-state index is -1.19. The van der Waals surface area contributed by atoms with Crippen LogP contribution >= 0.6 is 34.8 Å². The number of halogens is 3. The van der Waals surface area contributed by atoms with Gasteiger partial charge < -0.3 is 10.4 Å². The van der Waals surface area contributed by atoms with E-state index in [4.69, 9.17) is 39.9 Å². The topological polar surface area (TPSA) is 49.3 Å². The lowest BCUT2D eigenvalue weighted by Crippen LogP contribution is -1.98. The molecular weight excluding hydrogens is 260 g/mol. The van der Waals surface area contributed by atoms with E-state index in [1.807, 2.05) is 14.1 Å². The highest BCUT2D eigenvalue weighted by Gasteiger charge is 2.15. The highest BCUT2D eigenvalue weighted by molar-refractivity contribution is 6.45. The van der Waals surface area contributed by atoms with E-state index in [2.05, 4.69) is 5.32 Å². The second kappa shape index (κ2) is 6.90. The summed E-state index contributed by atoms with van der Waals surface area (Å²) in [7, 11) is 3.75. The number of hydrogen-bond donors (Lipinski definition) is 2. The van der Waals surface area contributed by atoms with Crippen LogP contribution < -0.4 is 5.32 Å². The van der Waals surface area contributed by atoms with E-state index in [0.29, 0.717) is 0 Å². The number of aromatic carboxylic acids is 1. The Morgan fingerprint density at radius 2 is 1.60 bits per heavy atom. The van der Waals surface area contributed by atoms with E-state index >= 15 is 0 Å². The molecule has 15 heavy (non-hydrogen) atoms. The fourth-order valence-electron chi connectivity index (χ4n) is 0.723. The van der Waals surface area contributed by atoms with Gasteiger partial charge in [-0.2, -0.15) is 0 Å². The Hall–Kier alpha value is -0.480. The molecule has 0 amide bonds. The molecule has 0 fully saturated rings. The van der Waals surface area contributed by atoms with Crippen LogP contribution in [-0.4, -0.2) is 25.2 Å². The van der Waals surface area contributed by atoms with Gasteiger partial charge in [0.1, 0.15) is 0 Å². The number of benzene rings is 1. The molecule has 0 aliphatic carbocycles. The summed E-state index contributed by atoms with van der Waals surface area (Å²) in [6, 6.07) is 2.83. The maximum Gasteiger partial charge on any atom is 0.338 e. The zero-order chi connectivity index (χ0) is 12.0. The number of nitrogens with one attached hydrogen (secondary N) is 1. The Morgan fingerprint density at radius 1 is 1.20 bits per heavy atom. The number of carboxylic acid groups (broad SMARTS) is 1. The lowest BCUT2D eigenvalue weighted by molar-refractivity contribution is 0.0697. The molecule has 0 aromatic heterocycles. The fraction of sp³-hybridized carbons (Fsp3) is 0.222. The third-order valence-electron chi connectivity index (χ3n) is 1.26. The van der Waals surface area contributed by atoms with Crippen LogP contribution in [0.25, 0.3) is 0 Å². The molecule has 1 aromatic rings. The van der Waals surface area contributed by atoms with Crippen LogP contribution in [0.15, 0.2) is 12.1 Å². The van der Waals surface area contributed by atoms with Crippen molar-refractivity contribution < 1.29 is 9.90 Å². The lowest BCUT2D eigenvalue weighted by atomic mass is 10.2. The quantitative estimate of drug-likeness (QED) is 0.771. The Bertz CT molecular complexity index is 355. The van der Waals surface area contributed by atoms with E-state index in [0.717, 1.165) is 0 Å². The van der Waals surface area contributed by atoms with Gasteiger partial charge in [-0.25, -0.2) is 4.79 Å². The van der Waals surface area contributed by atoms with Crippen molar-refractivity contribution in [2.24, 2.45) is 0 Å². The van der Waals surface area contributed by atoms with Crippen LogP contribution in [0.1, 0.15) is 10.4 Å². The summed E-state index contributed by atoms with van der Waals surface area (Å²) < 4.78 is 0. The predicted octanol–water partition coefficient (Wildman–Crippen LogP) is 3.18. The van der Waals surface area contributed by atoms with E-state index < -0.39 is 5.97 Å². The first kappa shape index (κ1) is 14.5. The van der Waals surface area contributed by atoms with Crippen molar-refractivity contribution in [3.05, 3.63) is 32.8 Å². The van der Waals surface area contributed by atoms with Crippen LogP contribution in [0.2, 0.25) is 15.1 Å². The maximum absolute atomic E-state index is 10.6. The predicted molar refractivity (Wildman–Crippen MR) is 63.4 cm³/mol. The van der Waals surface area contributed by atoms with Gasteiger partial charge in [0.2, 0.25) is 0 Å². The Morgan fingerprint density at radius 3 is 1.93 bits per heavy atom. The number of rotatable bonds is 1. The maximum atomic E-state index is 10.6. The molecule has 6 heteroatoms. The van der Waals surface area contributed by atoms with E-state index in [-0.39, 0.29) is 20.6 Å². The van der Waals surface area contributed by atoms with Gasteiger partial charge in [0.25, 0.3) is 0 Å². The third kappa shape index (κ3) is 4.26. The van der Waals surface area contributed by atoms with Crippen molar-refractivity contribution in [3.8, 4) is 0 Å². The number of carboxylic acids is 1. The van der Waals surface area contributed by atoms with Crippen molar-refractivity contribution in [3.63, 3.8) is 0 Å². The van der Waals surface area contributed by atoms with Crippen molar-refractivity contribution in [2.45, 2.75) is 0 Å². The molecule has 0 bridgehead atoms. The SMILES string of the molecule is CNC.O=C(O)c1c(Cl)ccc(Cl)c1Cl. The first-order valence-electron chi connectivity index (χ1n) is 3.91. The minimum absolute atomic E-state index is 0.0309. The standard InChI is InChI=1S/C7H3Cl3O2.C2H7N/c8-3-1-2-4(9)6(10)5(3)7(11)12;1-3-2/h1-2H,(H,11,12);3H,1-2H3. The van der Waals surface area contributed by atoms with Crippen LogP contribution in [0.5, 0.6) is 0 Å². The van der Waals surface area contributed by atoms with Gasteiger partial charge in [0.15, 0.2) is 0 Å². The highest BCUT2D eigenvalue weighted by atomic mass is 35.5. The molecule has 0 aliphatic rings. The molecule has 3 nitrogen and oxygen atoms in total. The molecule has 0 aliphatic heterocycles. The van der Waals surface area contributed by atoms with E-state index in [1.54, 1.807) is 0 Å². The molecule has 84 valence electrons. The molecule has 2 N–H and O–H groups in total. The summed E-state index contributed by atoms with van der Waals surface area (Å²) in [5, 5.41) is 11.6. The molecule has 0 spiro atoms. The zero-order valence-electron chi connectivity index (χ0n) is 8.14. The Labute approximate surface area is 103 Å². The van der Waals surface area contributed by atoms with Gasteiger partial charge in [-0.15, -0.1) is 0 Å². The second-order valence-electron chi connectivity index (χ2n) is 2.52. The van der Waals surface area contributed by atoms with Crippen molar-refractivity contribution in [1.29, 1.82) is 0 Å². The summed E-state index contributed by atoms with van der Waals surface area (Å²) in [5.41, 5.74) is -0.161. The van der Waals surface area contributed by atoms with Crippen LogP contribution in [0, 0.1) is 0 Å². The Balaban J connectivity index is 0.000000583. The van der Waals surface area contributed by atoms with E-state index in [1.165, 1.54) is 12.1 Å². The van der Waals surface area contributed by atoms with Crippen molar-refractivity contribution in [2.75, 3.05) is 14.1 Å². The van der Waals surface area contributed by atoms with Crippen LogP contribution in [-0.2, 0) is 0 Å². The first-order valence-corrected chi connectivity index (χ1v) is 5.04. The minimum Gasteiger partial charge on any atom is -0.478 e. The molecule has 0 saturated carbocycles. The Kier molecular flexibility index (Phi) is 6.68. The summed E-state index contributed by atoms with van der Waals surface area (Å²) in [4.78, 5) is 10.6. The lowest BCUT2D eigenvalue weighted by Gasteiger charge is -2.02. The molecule has 0 unspecified atom stereocenters. The molecule has 0 saturated heterocycles. The normalized spacial score (nSPS) is 9.13. The summed E-state index contributed by atoms with van der Waals surface area (Å²) in [6.07, 6.45) is 0. The zero-order valence-corrected chi connectivity index (χ0v) is 10.4. The molecule has 1 rings (SSSR count). The van der Waals surface area contributed by atoms with Gasteiger partial charge in [-0.3, -0.25) is 0 Å². The van der Waals surface area contributed by atoms with Gasteiger partial charge in [-0.1, -0.05) is 34.8 Å². The molecule has 0 atom stereocenters. The van der Waals surface area contributed by atoms with Crippen molar-refractivity contribution >= 4 is 40.8 Å². The fourth-order valence-corrected chi connectivity index (χ4v) is 1.41. The van der Waals surface area contributed by atoms with E-state index in [9.17, 15) is 4.79 Å². The molecular formula is C9H10Cl3NO2. The average molecular weight is 271 g/mol. The monoisotopic (exact) mass is 269 g/mol. The molecule has 1 aromatic carbocycles. The third-order valence-corrected chi connectivity index (χ3v) is 2.38. The molecule has 0 radical (unpaired) electrons. The highest BCUT2D eigenvalue weighted by Crippen LogP contribution is 2.30. The second-order valence-corrected chi connectivity index (χ2v) is 3.72. The van der Waals surface area contributed by atoms with Crippen LogP contribution in [0.3, 0.4) is 0 Å². The summed E-state index contributed by atoms with van der Waals surface area (Å²) in [5.74, 6) is -1.19. The van der Waals surface area contributed by atoms with Gasteiger partial charge >= 0.3 is 5.97 Å². The van der Waals surface area contributed by atoms with Gasteiger partial charge in [0, 0.05) is 0 Å². The largest absolute Gasteiger partial charge is 0.478 e. The number of carbonyl (C=O) groups is 1. The van der Waals surface area contributed by atoms with Crippen molar-refractivity contribution in [1.82, 2.24) is 5.32 Å². The van der Waals surface area contributed by atoms with Gasteiger partial charge in [0.05, 0.1) is 20.6 Å². The summed E-state index contributed by atoms with van der Waals surface area (Å²) in [6.45, 7) is 0. The van der Waals surface area contributed by atoms with Crippen LogP contribution in [0.4, 0.5) is 0 Å². The number of hydrogen-bond acceptors (Lipinski definition) is 2. The summed E-state index contributed by atoms with van der Waals surface area (Å²) >= 11 is 16.7.